The van der Waals surface area contributed by atoms with E-state index in [0.717, 1.165) is 18.2 Å². The van der Waals surface area contributed by atoms with Gasteiger partial charge in [-0.05, 0) is 35.9 Å². The highest BCUT2D eigenvalue weighted by molar-refractivity contribution is 6.32. The number of hydrogen-bond donors (Lipinski definition) is 2. The highest BCUT2D eigenvalue weighted by atomic mass is 35.5. The van der Waals surface area contributed by atoms with E-state index in [4.69, 9.17) is 16.3 Å². The van der Waals surface area contributed by atoms with Crippen molar-refractivity contribution in [3.05, 3.63) is 64.2 Å². The lowest BCUT2D eigenvalue weighted by atomic mass is 10.1. The minimum Gasteiger partial charge on any atom is -0.487 e. The van der Waals surface area contributed by atoms with Gasteiger partial charge in [0.25, 0.3) is 5.91 Å². The van der Waals surface area contributed by atoms with Gasteiger partial charge >= 0.3 is 6.18 Å². The number of halogens is 4. The summed E-state index contributed by atoms with van der Waals surface area (Å²) >= 11 is 5.84. The number of rotatable bonds is 6. The molecule has 0 spiro atoms. The summed E-state index contributed by atoms with van der Waals surface area (Å²) in [5.74, 6) is -0.674. The van der Waals surface area contributed by atoms with Gasteiger partial charge in [0.1, 0.15) is 12.4 Å². The first-order valence-electron chi connectivity index (χ1n) is 7.78. The summed E-state index contributed by atoms with van der Waals surface area (Å²) in [6, 6.07) is 9.24. The maximum absolute atomic E-state index is 12.6. The molecule has 0 aliphatic rings. The summed E-state index contributed by atoms with van der Waals surface area (Å²) in [5.41, 5.74) is 0.0618. The van der Waals surface area contributed by atoms with Crippen molar-refractivity contribution in [1.29, 1.82) is 0 Å². The second-order valence-corrected chi connectivity index (χ2v) is 5.90. The average molecular weight is 401 g/mol. The van der Waals surface area contributed by atoms with E-state index in [2.05, 4.69) is 10.6 Å². The molecule has 5 nitrogen and oxygen atoms in total. The first-order valence-corrected chi connectivity index (χ1v) is 8.16. The number of alkyl halides is 3. The predicted octanol–water partition coefficient (Wildman–Crippen LogP) is 3.41. The van der Waals surface area contributed by atoms with Crippen molar-refractivity contribution in [3.63, 3.8) is 0 Å². The zero-order valence-electron chi connectivity index (χ0n) is 14.2. The molecule has 0 radical (unpaired) electrons. The van der Waals surface area contributed by atoms with Gasteiger partial charge in [0.2, 0.25) is 5.91 Å². The number of amides is 2. The summed E-state index contributed by atoms with van der Waals surface area (Å²) in [7, 11) is 1.46. The van der Waals surface area contributed by atoms with Gasteiger partial charge < -0.3 is 15.4 Å². The van der Waals surface area contributed by atoms with E-state index in [1.807, 2.05) is 0 Å². The van der Waals surface area contributed by atoms with Crippen molar-refractivity contribution < 1.29 is 27.5 Å². The van der Waals surface area contributed by atoms with Crippen LogP contribution >= 0.6 is 11.6 Å². The Morgan fingerprint density at radius 3 is 2.52 bits per heavy atom. The summed E-state index contributed by atoms with van der Waals surface area (Å²) in [5, 5.41) is 4.68. The van der Waals surface area contributed by atoms with Crippen LogP contribution < -0.4 is 15.4 Å². The molecule has 0 aliphatic heterocycles. The summed E-state index contributed by atoms with van der Waals surface area (Å²) in [6.45, 7) is -0.154. The van der Waals surface area contributed by atoms with Crippen LogP contribution in [0.1, 0.15) is 21.5 Å². The molecule has 144 valence electrons. The molecule has 0 aromatic heterocycles. The summed E-state index contributed by atoms with van der Waals surface area (Å²) in [6.07, 6.45) is -4.49. The zero-order chi connectivity index (χ0) is 20.0. The Bertz CT molecular complexity index is 841. The fourth-order valence-electron chi connectivity index (χ4n) is 2.11. The van der Waals surface area contributed by atoms with Crippen LogP contribution in [-0.4, -0.2) is 25.4 Å². The van der Waals surface area contributed by atoms with Crippen LogP contribution in [0.2, 0.25) is 5.02 Å². The van der Waals surface area contributed by atoms with Crippen molar-refractivity contribution in [2.75, 3.05) is 13.6 Å². The van der Waals surface area contributed by atoms with Gasteiger partial charge in [-0.3, -0.25) is 9.59 Å². The van der Waals surface area contributed by atoms with Gasteiger partial charge in [0.05, 0.1) is 17.1 Å². The van der Waals surface area contributed by atoms with Crippen LogP contribution in [0.5, 0.6) is 5.75 Å². The number of hydrogen-bond acceptors (Lipinski definition) is 3. The largest absolute Gasteiger partial charge is 0.487 e. The molecule has 0 fully saturated rings. The Morgan fingerprint density at radius 2 is 1.89 bits per heavy atom. The molecule has 0 heterocycles. The monoisotopic (exact) mass is 400 g/mol. The molecule has 0 saturated heterocycles. The van der Waals surface area contributed by atoms with E-state index in [0.29, 0.717) is 11.1 Å². The normalized spacial score (nSPS) is 11.0. The Kier molecular flexibility index (Phi) is 6.68. The molecule has 2 aromatic carbocycles. The number of carbonyl (C=O) groups is 2. The molecule has 0 saturated carbocycles. The van der Waals surface area contributed by atoms with Crippen LogP contribution in [0.15, 0.2) is 42.5 Å². The molecular weight excluding hydrogens is 385 g/mol. The van der Waals surface area contributed by atoms with E-state index in [-0.39, 0.29) is 29.8 Å². The highest BCUT2D eigenvalue weighted by Crippen LogP contribution is 2.34. The number of nitrogens with one attached hydrogen (secondary N) is 2. The van der Waals surface area contributed by atoms with Crippen LogP contribution in [0, 0.1) is 0 Å². The van der Waals surface area contributed by atoms with Crippen LogP contribution in [0.25, 0.3) is 0 Å². The molecule has 9 heteroatoms. The lowest BCUT2D eigenvalue weighted by Crippen LogP contribution is -2.35. The van der Waals surface area contributed by atoms with Crippen molar-refractivity contribution in [2.24, 2.45) is 0 Å². The number of carbonyl (C=O) groups excluding carboxylic acids is 2. The minimum atomic E-state index is -4.49. The smallest absolute Gasteiger partial charge is 0.416 e. The molecule has 2 amide bonds. The number of benzene rings is 2. The van der Waals surface area contributed by atoms with Gasteiger partial charge in [-0.25, -0.2) is 0 Å². The van der Waals surface area contributed by atoms with E-state index >= 15 is 0 Å². The molecular formula is C18H16ClF3N2O3. The average Bonchev–Trinajstić information content (AvgIpc) is 2.64. The fraction of sp³-hybridized carbons (Fsp3) is 0.222. The Hall–Kier alpha value is -2.74. The van der Waals surface area contributed by atoms with Gasteiger partial charge in [0.15, 0.2) is 0 Å². The lowest BCUT2D eigenvalue weighted by Gasteiger charge is -2.12. The summed E-state index contributed by atoms with van der Waals surface area (Å²) < 4.78 is 43.4. The number of likely N-dealkylation sites (N-methyl/N-ethyl adjacent to an activating group) is 1. The third-order valence-electron chi connectivity index (χ3n) is 3.53. The molecule has 0 unspecified atom stereocenters. The molecule has 2 rings (SSSR count). The lowest BCUT2D eigenvalue weighted by molar-refractivity contribution is -0.137. The van der Waals surface area contributed by atoms with E-state index in [1.165, 1.54) is 7.05 Å². The second-order valence-electron chi connectivity index (χ2n) is 5.49. The van der Waals surface area contributed by atoms with E-state index in [9.17, 15) is 22.8 Å². The predicted molar refractivity (Wildman–Crippen MR) is 93.6 cm³/mol. The molecule has 0 bridgehead atoms. The fourth-order valence-corrected chi connectivity index (χ4v) is 2.34. The summed E-state index contributed by atoms with van der Waals surface area (Å²) in [4.78, 5) is 23.2. The minimum absolute atomic E-state index is 0.00164. The molecule has 2 N–H and O–H groups in total. The quantitative estimate of drug-likeness (QED) is 0.780. The van der Waals surface area contributed by atoms with Crippen LogP contribution in [0.3, 0.4) is 0 Å². The van der Waals surface area contributed by atoms with Crippen LogP contribution in [-0.2, 0) is 17.6 Å². The topological polar surface area (TPSA) is 67.4 Å². The van der Waals surface area contributed by atoms with Crippen molar-refractivity contribution >= 4 is 23.4 Å². The highest BCUT2D eigenvalue weighted by Gasteiger charge is 2.31. The molecule has 0 aliphatic carbocycles. The molecule has 2 aromatic rings. The van der Waals surface area contributed by atoms with E-state index < -0.39 is 17.6 Å². The first kappa shape index (κ1) is 20.6. The van der Waals surface area contributed by atoms with Gasteiger partial charge in [0, 0.05) is 12.6 Å². The Morgan fingerprint density at radius 1 is 1.15 bits per heavy atom. The maximum atomic E-state index is 12.6. The second kappa shape index (κ2) is 8.77. The molecule has 27 heavy (non-hydrogen) atoms. The van der Waals surface area contributed by atoms with Crippen molar-refractivity contribution in [1.82, 2.24) is 10.6 Å². The third kappa shape index (κ3) is 5.89. The van der Waals surface area contributed by atoms with Crippen LogP contribution in [0.4, 0.5) is 13.2 Å². The third-order valence-corrected chi connectivity index (χ3v) is 3.83. The van der Waals surface area contributed by atoms with Crippen molar-refractivity contribution in [3.8, 4) is 5.75 Å². The first-order chi connectivity index (χ1) is 12.7. The maximum Gasteiger partial charge on any atom is 0.416 e. The number of ether oxygens (including phenoxy) is 1. The van der Waals surface area contributed by atoms with Gasteiger partial charge in [-0.15, -0.1) is 0 Å². The van der Waals surface area contributed by atoms with Gasteiger partial charge in [-0.1, -0.05) is 23.7 Å². The Balaban J connectivity index is 2.02. The SMILES string of the molecule is CNC(=O)CNC(=O)c1cccc(COc2ccc(C(F)(F)F)cc2Cl)c1. The zero-order valence-corrected chi connectivity index (χ0v) is 14.9. The van der Waals surface area contributed by atoms with Gasteiger partial charge in [-0.2, -0.15) is 13.2 Å². The molecule has 0 atom stereocenters. The Labute approximate surface area is 158 Å². The van der Waals surface area contributed by atoms with E-state index in [1.54, 1.807) is 24.3 Å². The van der Waals surface area contributed by atoms with Crippen molar-refractivity contribution in [2.45, 2.75) is 12.8 Å². The standard InChI is InChI=1S/C18H16ClF3N2O3/c1-23-16(25)9-24-17(26)12-4-2-3-11(7-12)10-27-15-6-5-13(8-14(15)19)18(20,21)22/h2-8H,9-10H2,1H3,(H,23,25)(H,24,26).